The zero-order chi connectivity index (χ0) is 18.1. The highest BCUT2D eigenvalue weighted by molar-refractivity contribution is 5.68. The van der Waals surface area contributed by atoms with E-state index in [0.29, 0.717) is 18.5 Å². The molecule has 0 N–H and O–H groups in total. The Kier molecular flexibility index (Phi) is 5.16. The van der Waals surface area contributed by atoms with Crippen molar-refractivity contribution in [2.75, 3.05) is 6.54 Å². The second-order valence-corrected chi connectivity index (χ2v) is 7.28. The molecule has 2 rings (SSSR count). The average Bonchev–Trinajstić information content (AvgIpc) is 2.62. The van der Waals surface area contributed by atoms with E-state index in [1.54, 1.807) is 26.8 Å². The van der Waals surface area contributed by atoms with Crippen LogP contribution in [0.2, 0.25) is 0 Å². The third kappa shape index (κ3) is 4.42. The number of fused-ring (bicyclic) bond motifs is 1. The molecule has 1 atom stereocenters. The first-order valence-corrected chi connectivity index (χ1v) is 8.17. The summed E-state index contributed by atoms with van der Waals surface area (Å²) in [6.07, 6.45) is -3.67. The Balaban J connectivity index is 2.41. The van der Waals surface area contributed by atoms with Crippen LogP contribution in [0.4, 0.5) is 18.0 Å². The summed E-state index contributed by atoms with van der Waals surface area (Å²) in [7, 11) is 0. The molecular formula is C18H24F3NO2. The van der Waals surface area contributed by atoms with Gasteiger partial charge in [-0.15, -0.1) is 0 Å². The van der Waals surface area contributed by atoms with Crippen molar-refractivity contribution in [2.24, 2.45) is 5.92 Å². The number of halogens is 3. The Morgan fingerprint density at radius 3 is 2.50 bits per heavy atom. The molecule has 1 amide bonds. The molecule has 1 aromatic rings. The summed E-state index contributed by atoms with van der Waals surface area (Å²) < 4.78 is 45.4. The van der Waals surface area contributed by atoms with E-state index < -0.39 is 23.4 Å². The first-order chi connectivity index (χ1) is 11.0. The lowest BCUT2D eigenvalue weighted by atomic mass is 9.93. The fraction of sp³-hybridized carbons (Fsp3) is 0.611. The summed E-state index contributed by atoms with van der Waals surface area (Å²) in [6.45, 7) is 7.55. The van der Waals surface area contributed by atoms with Crippen LogP contribution in [0, 0.1) is 5.92 Å². The topological polar surface area (TPSA) is 29.5 Å². The summed E-state index contributed by atoms with van der Waals surface area (Å²) in [4.78, 5) is 13.8. The number of benzene rings is 1. The lowest BCUT2D eigenvalue weighted by Crippen LogP contribution is -2.38. The number of ether oxygens (including phenoxy) is 1. The number of carbonyl (C=O) groups excluding carboxylic acids is 1. The summed E-state index contributed by atoms with van der Waals surface area (Å²) >= 11 is 0. The normalized spacial score (nSPS) is 18.8. The summed E-state index contributed by atoms with van der Waals surface area (Å²) in [5.41, 5.74) is -0.489. The number of hydrogen-bond donors (Lipinski definition) is 0. The lowest BCUT2D eigenvalue weighted by molar-refractivity contribution is -0.138. The van der Waals surface area contributed by atoms with Gasteiger partial charge < -0.3 is 9.64 Å². The van der Waals surface area contributed by atoms with E-state index in [-0.39, 0.29) is 18.0 Å². The molecule has 0 aromatic heterocycles. The smallest absolute Gasteiger partial charge is 0.416 e. The van der Waals surface area contributed by atoms with E-state index in [2.05, 4.69) is 0 Å². The van der Waals surface area contributed by atoms with Crippen LogP contribution >= 0.6 is 0 Å². The zero-order valence-electron chi connectivity index (χ0n) is 14.5. The van der Waals surface area contributed by atoms with Gasteiger partial charge in [0, 0.05) is 13.1 Å². The van der Waals surface area contributed by atoms with Gasteiger partial charge in [0.05, 0.1) is 5.56 Å². The SMILES string of the molecule is CCC1Cc2cccc(C(F)(F)F)c2CN(C(=O)OC(C)(C)C)C1. The highest BCUT2D eigenvalue weighted by Gasteiger charge is 2.37. The van der Waals surface area contributed by atoms with Gasteiger partial charge in [-0.1, -0.05) is 25.5 Å². The maximum atomic E-state index is 13.4. The summed E-state index contributed by atoms with van der Waals surface area (Å²) in [6, 6.07) is 4.25. The van der Waals surface area contributed by atoms with E-state index in [1.807, 2.05) is 6.92 Å². The molecule has 1 unspecified atom stereocenters. The first-order valence-electron chi connectivity index (χ1n) is 8.17. The van der Waals surface area contributed by atoms with Gasteiger partial charge in [0.15, 0.2) is 0 Å². The van der Waals surface area contributed by atoms with E-state index in [1.165, 1.54) is 11.0 Å². The maximum absolute atomic E-state index is 13.4. The van der Waals surface area contributed by atoms with Gasteiger partial charge in [0.25, 0.3) is 0 Å². The Bertz CT molecular complexity index is 605. The van der Waals surface area contributed by atoms with Gasteiger partial charge in [0.2, 0.25) is 0 Å². The molecule has 6 heteroatoms. The number of carbonyl (C=O) groups is 1. The molecular weight excluding hydrogens is 319 g/mol. The van der Waals surface area contributed by atoms with Crippen molar-refractivity contribution in [3.63, 3.8) is 0 Å². The zero-order valence-corrected chi connectivity index (χ0v) is 14.5. The number of alkyl halides is 3. The number of nitrogens with zero attached hydrogens (tertiary/aromatic N) is 1. The molecule has 0 radical (unpaired) electrons. The summed E-state index contributed by atoms with van der Waals surface area (Å²) in [5.74, 6) is 0.113. The van der Waals surface area contributed by atoms with Gasteiger partial charge in [-0.3, -0.25) is 0 Å². The van der Waals surface area contributed by atoms with Crippen LogP contribution in [0.1, 0.15) is 50.8 Å². The molecule has 134 valence electrons. The van der Waals surface area contributed by atoms with Crippen LogP contribution < -0.4 is 0 Å². The molecule has 24 heavy (non-hydrogen) atoms. The molecule has 1 heterocycles. The molecule has 0 spiro atoms. The van der Waals surface area contributed by atoms with Gasteiger partial charge in [-0.25, -0.2) is 4.79 Å². The number of hydrogen-bond acceptors (Lipinski definition) is 2. The number of amides is 1. The molecule has 1 aromatic carbocycles. The van der Waals surface area contributed by atoms with E-state index in [0.717, 1.165) is 12.5 Å². The molecule has 1 aliphatic heterocycles. The van der Waals surface area contributed by atoms with Crippen molar-refractivity contribution in [1.29, 1.82) is 0 Å². The van der Waals surface area contributed by atoms with E-state index in [4.69, 9.17) is 4.74 Å². The van der Waals surface area contributed by atoms with Crippen molar-refractivity contribution < 1.29 is 22.7 Å². The third-order valence-corrected chi connectivity index (χ3v) is 4.14. The van der Waals surface area contributed by atoms with Crippen molar-refractivity contribution >= 4 is 6.09 Å². The first kappa shape index (κ1) is 18.6. The third-order valence-electron chi connectivity index (χ3n) is 4.14. The van der Waals surface area contributed by atoms with Crippen molar-refractivity contribution in [3.05, 3.63) is 34.9 Å². The standard InChI is InChI=1S/C18H24F3NO2/c1-5-12-9-13-7-6-8-15(18(19,20)21)14(13)11-22(10-12)16(23)24-17(2,3)4/h6-8,12H,5,9-11H2,1-4H3. The van der Waals surface area contributed by atoms with Gasteiger partial charge in [-0.05, 0) is 50.3 Å². The van der Waals surface area contributed by atoms with Crippen LogP contribution in [0.15, 0.2) is 18.2 Å². The highest BCUT2D eigenvalue weighted by atomic mass is 19.4. The van der Waals surface area contributed by atoms with Crippen LogP contribution in [-0.2, 0) is 23.9 Å². The molecule has 0 bridgehead atoms. The van der Waals surface area contributed by atoms with Crippen LogP contribution in [0.5, 0.6) is 0 Å². The predicted molar refractivity (Wildman–Crippen MR) is 85.6 cm³/mol. The van der Waals surface area contributed by atoms with Crippen LogP contribution in [0.3, 0.4) is 0 Å². The largest absolute Gasteiger partial charge is 0.444 e. The lowest BCUT2D eigenvalue weighted by Gasteiger charge is -2.28. The molecule has 0 aliphatic carbocycles. The quantitative estimate of drug-likeness (QED) is 0.716. The molecule has 0 saturated heterocycles. The number of rotatable bonds is 1. The minimum absolute atomic E-state index is 0.0730. The molecule has 0 saturated carbocycles. The fourth-order valence-corrected chi connectivity index (χ4v) is 2.96. The Labute approximate surface area is 140 Å². The molecule has 3 nitrogen and oxygen atoms in total. The molecule has 0 fully saturated rings. The van der Waals surface area contributed by atoms with E-state index in [9.17, 15) is 18.0 Å². The fourth-order valence-electron chi connectivity index (χ4n) is 2.96. The minimum Gasteiger partial charge on any atom is -0.444 e. The van der Waals surface area contributed by atoms with Crippen molar-refractivity contribution in [1.82, 2.24) is 4.90 Å². The average molecular weight is 343 g/mol. The van der Waals surface area contributed by atoms with Gasteiger partial charge >= 0.3 is 12.3 Å². The predicted octanol–water partition coefficient (Wildman–Crippen LogP) is 5.02. The van der Waals surface area contributed by atoms with E-state index >= 15 is 0 Å². The second-order valence-electron chi connectivity index (χ2n) is 7.28. The summed E-state index contributed by atoms with van der Waals surface area (Å²) in [5, 5.41) is 0. The maximum Gasteiger partial charge on any atom is 0.416 e. The van der Waals surface area contributed by atoms with Crippen molar-refractivity contribution in [2.45, 2.75) is 58.9 Å². The van der Waals surface area contributed by atoms with Crippen LogP contribution in [-0.4, -0.2) is 23.1 Å². The second kappa shape index (κ2) is 6.65. The monoisotopic (exact) mass is 343 g/mol. The van der Waals surface area contributed by atoms with Gasteiger partial charge in [0.1, 0.15) is 5.60 Å². The van der Waals surface area contributed by atoms with Gasteiger partial charge in [-0.2, -0.15) is 13.2 Å². The Morgan fingerprint density at radius 2 is 1.96 bits per heavy atom. The Hall–Kier alpha value is -1.72. The minimum atomic E-state index is -4.43. The Morgan fingerprint density at radius 1 is 1.29 bits per heavy atom. The highest BCUT2D eigenvalue weighted by Crippen LogP contribution is 2.36. The molecule has 1 aliphatic rings. The van der Waals surface area contributed by atoms with Crippen LogP contribution in [0.25, 0.3) is 0 Å². The van der Waals surface area contributed by atoms with Crippen molar-refractivity contribution in [3.8, 4) is 0 Å².